The molecule has 1 heteroatoms. The quantitative estimate of drug-likeness (QED) is 0.577. The minimum Gasteiger partial charge on any atom is -0.378 e. The first-order chi connectivity index (χ1) is 10.1. The molecule has 0 aromatic heterocycles. The highest BCUT2D eigenvalue weighted by Crippen LogP contribution is 2.38. The second kappa shape index (κ2) is 8.56. The Labute approximate surface area is 133 Å². The zero-order valence-corrected chi connectivity index (χ0v) is 14.9. The fraction of sp³-hybridized carbons (Fsp3) is 1.00. The second-order valence-corrected chi connectivity index (χ2v) is 8.30. The molecule has 1 aliphatic carbocycles. The van der Waals surface area contributed by atoms with Crippen molar-refractivity contribution < 1.29 is 4.74 Å². The Morgan fingerprint density at radius 1 is 0.905 bits per heavy atom. The van der Waals surface area contributed by atoms with Crippen LogP contribution >= 0.6 is 0 Å². The average Bonchev–Trinajstić information content (AvgIpc) is 2.53. The molecular formula is C20H38O. The lowest BCUT2D eigenvalue weighted by Gasteiger charge is -2.39. The standard InChI is InChI=1S/C20H38O/c1-5-15(2)6-9-17(4)20-13-12-19(14-21-20)18-10-7-16(3)8-11-18/h15-20H,5-14H2,1-4H3/t15?,16?,17?,18?,19-,20?/m1/s1. The number of hydrogen-bond acceptors (Lipinski definition) is 1. The summed E-state index contributed by atoms with van der Waals surface area (Å²) in [6.07, 6.45) is 13.2. The molecule has 0 radical (unpaired) electrons. The summed E-state index contributed by atoms with van der Waals surface area (Å²) < 4.78 is 6.30. The maximum absolute atomic E-state index is 6.30. The molecule has 1 heterocycles. The SMILES string of the molecule is CCC(C)CCC(C)C1CC[C@@H](C2CCC(C)CC2)CO1. The molecule has 2 rings (SSSR count). The molecule has 0 amide bonds. The van der Waals surface area contributed by atoms with Gasteiger partial charge < -0.3 is 4.74 Å². The molecule has 124 valence electrons. The lowest BCUT2D eigenvalue weighted by atomic mass is 9.73. The van der Waals surface area contributed by atoms with Crippen LogP contribution in [0.2, 0.25) is 0 Å². The van der Waals surface area contributed by atoms with E-state index in [-0.39, 0.29) is 0 Å². The molecule has 4 atom stereocenters. The van der Waals surface area contributed by atoms with E-state index in [0.717, 1.165) is 36.2 Å². The summed E-state index contributed by atoms with van der Waals surface area (Å²) in [5.41, 5.74) is 0. The van der Waals surface area contributed by atoms with Crippen molar-refractivity contribution in [3.8, 4) is 0 Å². The van der Waals surface area contributed by atoms with E-state index in [2.05, 4.69) is 27.7 Å². The smallest absolute Gasteiger partial charge is 0.0600 e. The molecule has 0 N–H and O–H groups in total. The van der Waals surface area contributed by atoms with Gasteiger partial charge in [-0.05, 0) is 61.7 Å². The molecule has 1 nitrogen and oxygen atoms in total. The van der Waals surface area contributed by atoms with Crippen LogP contribution in [-0.4, -0.2) is 12.7 Å². The minimum absolute atomic E-state index is 0.549. The fourth-order valence-corrected chi connectivity index (χ4v) is 4.31. The van der Waals surface area contributed by atoms with Gasteiger partial charge in [-0.1, -0.05) is 53.4 Å². The van der Waals surface area contributed by atoms with Crippen molar-refractivity contribution in [2.24, 2.45) is 29.6 Å². The van der Waals surface area contributed by atoms with Crippen LogP contribution in [0.1, 0.15) is 85.5 Å². The Morgan fingerprint density at radius 2 is 1.57 bits per heavy atom. The first-order valence-electron chi connectivity index (χ1n) is 9.71. The Kier molecular flexibility index (Phi) is 7.05. The van der Waals surface area contributed by atoms with Crippen molar-refractivity contribution in [3.63, 3.8) is 0 Å². The fourth-order valence-electron chi connectivity index (χ4n) is 4.31. The van der Waals surface area contributed by atoms with Crippen LogP contribution in [0.3, 0.4) is 0 Å². The third-order valence-corrected chi connectivity index (χ3v) is 6.52. The Morgan fingerprint density at radius 3 is 2.14 bits per heavy atom. The van der Waals surface area contributed by atoms with E-state index in [1.165, 1.54) is 57.8 Å². The largest absolute Gasteiger partial charge is 0.378 e. The zero-order chi connectivity index (χ0) is 15.2. The Hall–Kier alpha value is -0.0400. The average molecular weight is 295 g/mol. The molecule has 1 saturated carbocycles. The molecule has 21 heavy (non-hydrogen) atoms. The molecule has 1 saturated heterocycles. The lowest BCUT2D eigenvalue weighted by Crippen LogP contribution is -2.35. The highest BCUT2D eigenvalue weighted by Gasteiger charge is 2.32. The maximum atomic E-state index is 6.30. The minimum atomic E-state index is 0.549. The highest BCUT2D eigenvalue weighted by atomic mass is 16.5. The van der Waals surface area contributed by atoms with Gasteiger partial charge in [0.25, 0.3) is 0 Å². The monoisotopic (exact) mass is 294 g/mol. The summed E-state index contributed by atoms with van der Waals surface area (Å²) in [5, 5.41) is 0. The van der Waals surface area contributed by atoms with E-state index in [0.29, 0.717) is 6.10 Å². The van der Waals surface area contributed by atoms with Crippen LogP contribution in [-0.2, 0) is 4.74 Å². The van der Waals surface area contributed by atoms with Crippen molar-refractivity contribution >= 4 is 0 Å². The van der Waals surface area contributed by atoms with Gasteiger partial charge >= 0.3 is 0 Å². The molecule has 3 unspecified atom stereocenters. The lowest BCUT2D eigenvalue weighted by molar-refractivity contribution is -0.0636. The van der Waals surface area contributed by atoms with Gasteiger partial charge in [-0.25, -0.2) is 0 Å². The van der Waals surface area contributed by atoms with Crippen LogP contribution in [0.25, 0.3) is 0 Å². The molecule has 1 aliphatic heterocycles. The van der Waals surface area contributed by atoms with Crippen LogP contribution in [0.4, 0.5) is 0 Å². The van der Waals surface area contributed by atoms with E-state index >= 15 is 0 Å². The number of rotatable bonds is 6. The molecular weight excluding hydrogens is 256 g/mol. The summed E-state index contributed by atoms with van der Waals surface area (Å²) in [7, 11) is 0. The summed E-state index contributed by atoms with van der Waals surface area (Å²) in [6.45, 7) is 10.6. The molecule has 0 aromatic carbocycles. The third-order valence-electron chi connectivity index (χ3n) is 6.52. The molecule has 2 fully saturated rings. The Balaban J connectivity index is 1.67. The predicted molar refractivity (Wildman–Crippen MR) is 91.4 cm³/mol. The van der Waals surface area contributed by atoms with Crippen LogP contribution < -0.4 is 0 Å². The maximum Gasteiger partial charge on any atom is 0.0600 e. The van der Waals surface area contributed by atoms with Crippen molar-refractivity contribution in [2.45, 2.75) is 91.6 Å². The summed E-state index contributed by atoms with van der Waals surface area (Å²) in [6, 6.07) is 0. The van der Waals surface area contributed by atoms with E-state index in [4.69, 9.17) is 4.74 Å². The molecule has 0 bridgehead atoms. The number of ether oxygens (including phenoxy) is 1. The number of hydrogen-bond donors (Lipinski definition) is 0. The predicted octanol–water partition coefficient (Wildman–Crippen LogP) is 6.07. The van der Waals surface area contributed by atoms with E-state index in [1.807, 2.05) is 0 Å². The van der Waals surface area contributed by atoms with Crippen LogP contribution in [0.5, 0.6) is 0 Å². The molecule has 0 aromatic rings. The van der Waals surface area contributed by atoms with Gasteiger partial charge in [-0.15, -0.1) is 0 Å². The first-order valence-corrected chi connectivity index (χ1v) is 9.71. The summed E-state index contributed by atoms with van der Waals surface area (Å²) >= 11 is 0. The van der Waals surface area contributed by atoms with Gasteiger partial charge in [0.05, 0.1) is 12.7 Å². The van der Waals surface area contributed by atoms with Gasteiger partial charge in [0.15, 0.2) is 0 Å². The Bertz CT molecular complexity index is 272. The van der Waals surface area contributed by atoms with Gasteiger partial charge in [0, 0.05) is 0 Å². The summed E-state index contributed by atoms with van der Waals surface area (Å²) in [5.74, 6) is 4.45. The first kappa shape index (κ1) is 17.3. The normalized spacial score (nSPS) is 37.1. The zero-order valence-electron chi connectivity index (χ0n) is 14.9. The van der Waals surface area contributed by atoms with Crippen molar-refractivity contribution in [2.75, 3.05) is 6.61 Å². The van der Waals surface area contributed by atoms with E-state index in [9.17, 15) is 0 Å². The molecule has 0 spiro atoms. The molecule has 2 aliphatic rings. The van der Waals surface area contributed by atoms with Crippen LogP contribution in [0, 0.1) is 29.6 Å². The third kappa shape index (κ3) is 5.27. The van der Waals surface area contributed by atoms with Gasteiger partial charge in [-0.3, -0.25) is 0 Å². The van der Waals surface area contributed by atoms with Crippen molar-refractivity contribution in [1.82, 2.24) is 0 Å². The topological polar surface area (TPSA) is 9.23 Å². The summed E-state index contributed by atoms with van der Waals surface area (Å²) in [4.78, 5) is 0. The van der Waals surface area contributed by atoms with Crippen LogP contribution in [0.15, 0.2) is 0 Å². The second-order valence-electron chi connectivity index (χ2n) is 8.30. The van der Waals surface area contributed by atoms with Gasteiger partial charge in [0.1, 0.15) is 0 Å². The van der Waals surface area contributed by atoms with E-state index < -0.39 is 0 Å². The highest BCUT2D eigenvalue weighted by molar-refractivity contribution is 4.81. The van der Waals surface area contributed by atoms with Gasteiger partial charge in [-0.2, -0.15) is 0 Å². The van der Waals surface area contributed by atoms with Crippen molar-refractivity contribution in [3.05, 3.63) is 0 Å². The van der Waals surface area contributed by atoms with Gasteiger partial charge in [0.2, 0.25) is 0 Å². The van der Waals surface area contributed by atoms with Crippen molar-refractivity contribution in [1.29, 1.82) is 0 Å². The van der Waals surface area contributed by atoms with E-state index in [1.54, 1.807) is 0 Å².